The number of hydrogen-bond donors (Lipinski definition) is 2. The van der Waals surface area contributed by atoms with Gasteiger partial charge in [0.15, 0.2) is 0 Å². The maximum Gasteiger partial charge on any atom is 0.132 e. The summed E-state index contributed by atoms with van der Waals surface area (Å²) in [5, 5.41) is 17.8. The lowest BCUT2D eigenvalue weighted by Gasteiger charge is -2.12. The minimum absolute atomic E-state index is 0.0357. The molecule has 1 aromatic heterocycles. The summed E-state index contributed by atoms with van der Waals surface area (Å²) >= 11 is 6.55. The topological polar surface area (TPSA) is 50.1 Å². The van der Waals surface area contributed by atoms with Crippen LogP contribution in [0.15, 0.2) is 30.3 Å². The van der Waals surface area contributed by atoms with Crippen LogP contribution in [0.1, 0.15) is 43.5 Å². The molecule has 1 atom stereocenters. The minimum Gasteiger partial charge on any atom is -0.395 e. The standard InChI is InChI=1S/C17H24ClN3O/c1-12(2)16-15(9-19-13(3)11-22)17(18)21(20-16)10-14-7-5-4-6-8-14/h4-8,12-13,19,22H,9-11H2,1-3H3/t13-/m1/s1. The molecule has 0 unspecified atom stereocenters. The predicted molar refractivity (Wildman–Crippen MR) is 90.3 cm³/mol. The molecule has 22 heavy (non-hydrogen) atoms. The van der Waals surface area contributed by atoms with E-state index in [-0.39, 0.29) is 12.6 Å². The molecule has 0 bridgehead atoms. The molecule has 2 aromatic rings. The van der Waals surface area contributed by atoms with Gasteiger partial charge in [-0.15, -0.1) is 0 Å². The van der Waals surface area contributed by atoms with Crippen LogP contribution in [0.5, 0.6) is 0 Å². The van der Waals surface area contributed by atoms with E-state index in [2.05, 4.69) is 31.3 Å². The number of rotatable bonds is 7. The first-order chi connectivity index (χ1) is 10.5. The van der Waals surface area contributed by atoms with Gasteiger partial charge in [-0.2, -0.15) is 5.10 Å². The van der Waals surface area contributed by atoms with Gasteiger partial charge in [0.1, 0.15) is 5.15 Å². The number of halogens is 1. The van der Waals surface area contributed by atoms with Crippen LogP contribution in [0.4, 0.5) is 0 Å². The molecule has 0 saturated carbocycles. The van der Waals surface area contributed by atoms with Crippen LogP contribution in [-0.4, -0.2) is 27.5 Å². The van der Waals surface area contributed by atoms with Crippen molar-refractivity contribution in [2.75, 3.05) is 6.61 Å². The highest BCUT2D eigenvalue weighted by Gasteiger charge is 2.19. The molecule has 0 aliphatic rings. The highest BCUT2D eigenvalue weighted by atomic mass is 35.5. The van der Waals surface area contributed by atoms with E-state index in [0.29, 0.717) is 24.2 Å². The third-order valence-electron chi connectivity index (χ3n) is 3.64. The molecule has 0 fully saturated rings. The fourth-order valence-electron chi connectivity index (χ4n) is 2.33. The molecule has 0 saturated heterocycles. The molecule has 0 amide bonds. The Bertz CT molecular complexity index is 595. The molecule has 1 aromatic carbocycles. The molecule has 4 nitrogen and oxygen atoms in total. The van der Waals surface area contributed by atoms with Crippen molar-refractivity contribution in [1.82, 2.24) is 15.1 Å². The van der Waals surface area contributed by atoms with Gasteiger partial charge < -0.3 is 10.4 Å². The van der Waals surface area contributed by atoms with Gasteiger partial charge in [0.25, 0.3) is 0 Å². The summed E-state index contributed by atoms with van der Waals surface area (Å²) in [6.45, 7) is 7.55. The van der Waals surface area contributed by atoms with Crippen molar-refractivity contribution in [3.63, 3.8) is 0 Å². The third-order valence-corrected chi connectivity index (χ3v) is 4.06. The summed E-state index contributed by atoms with van der Waals surface area (Å²) in [7, 11) is 0. The SMILES string of the molecule is CC(C)c1nn(Cc2ccccc2)c(Cl)c1CN[C@H](C)CO. The number of hydrogen-bond acceptors (Lipinski definition) is 3. The average Bonchev–Trinajstić information content (AvgIpc) is 2.82. The normalized spacial score (nSPS) is 12.8. The molecule has 5 heteroatoms. The smallest absolute Gasteiger partial charge is 0.132 e. The van der Waals surface area contributed by atoms with Crippen molar-refractivity contribution in [2.24, 2.45) is 0 Å². The number of benzene rings is 1. The second-order valence-electron chi connectivity index (χ2n) is 5.92. The Hall–Kier alpha value is -1.36. The fourth-order valence-corrected chi connectivity index (χ4v) is 2.59. The van der Waals surface area contributed by atoms with Crippen LogP contribution in [0, 0.1) is 0 Å². The van der Waals surface area contributed by atoms with E-state index in [1.807, 2.05) is 29.8 Å². The van der Waals surface area contributed by atoms with Crippen molar-refractivity contribution < 1.29 is 5.11 Å². The Balaban J connectivity index is 2.24. The fraction of sp³-hybridized carbons (Fsp3) is 0.471. The summed E-state index contributed by atoms with van der Waals surface area (Å²) in [5.41, 5.74) is 3.21. The van der Waals surface area contributed by atoms with Crippen LogP contribution in [0.3, 0.4) is 0 Å². The van der Waals surface area contributed by atoms with Crippen molar-refractivity contribution >= 4 is 11.6 Å². The van der Waals surface area contributed by atoms with E-state index < -0.39 is 0 Å². The monoisotopic (exact) mass is 321 g/mol. The number of nitrogens with zero attached hydrogens (tertiary/aromatic N) is 2. The Morgan fingerprint density at radius 1 is 1.23 bits per heavy atom. The molecular formula is C17H24ClN3O. The third kappa shape index (κ3) is 4.09. The summed E-state index contributed by atoms with van der Waals surface area (Å²) < 4.78 is 1.85. The van der Waals surface area contributed by atoms with Gasteiger partial charge in [0.2, 0.25) is 0 Å². The molecule has 0 aliphatic carbocycles. The van der Waals surface area contributed by atoms with Crippen LogP contribution >= 0.6 is 11.6 Å². The lowest BCUT2D eigenvalue weighted by molar-refractivity contribution is 0.251. The van der Waals surface area contributed by atoms with Crippen LogP contribution in [0.2, 0.25) is 5.15 Å². The lowest BCUT2D eigenvalue weighted by Crippen LogP contribution is -2.29. The maximum absolute atomic E-state index is 9.14. The average molecular weight is 322 g/mol. The molecule has 0 spiro atoms. The van der Waals surface area contributed by atoms with Crippen molar-refractivity contribution in [3.05, 3.63) is 52.3 Å². The van der Waals surface area contributed by atoms with Crippen molar-refractivity contribution in [2.45, 2.75) is 45.8 Å². The van der Waals surface area contributed by atoms with E-state index >= 15 is 0 Å². The van der Waals surface area contributed by atoms with E-state index in [4.69, 9.17) is 21.8 Å². The first kappa shape index (κ1) is 17.0. The van der Waals surface area contributed by atoms with Gasteiger partial charge in [0, 0.05) is 18.2 Å². The van der Waals surface area contributed by atoms with E-state index in [1.165, 1.54) is 5.56 Å². The number of aromatic nitrogens is 2. The van der Waals surface area contributed by atoms with E-state index in [0.717, 1.165) is 11.3 Å². The molecule has 0 aliphatic heterocycles. The first-order valence-corrected chi connectivity index (χ1v) is 8.04. The highest BCUT2D eigenvalue weighted by Crippen LogP contribution is 2.26. The van der Waals surface area contributed by atoms with Crippen molar-refractivity contribution in [1.29, 1.82) is 0 Å². The Morgan fingerprint density at radius 2 is 1.91 bits per heavy atom. The second kappa shape index (κ2) is 7.77. The number of aliphatic hydroxyl groups excluding tert-OH is 1. The van der Waals surface area contributed by atoms with Crippen LogP contribution in [-0.2, 0) is 13.1 Å². The summed E-state index contributed by atoms with van der Waals surface area (Å²) in [4.78, 5) is 0. The quantitative estimate of drug-likeness (QED) is 0.823. The first-order valence-electron chi connectivity index (χ1n) is 7.66. The van der Waals surface area contributed by atoms with Gasteiger partial charge in [-0.25, -0.2) is 4.68 Å². The highest BCUT2D eigenvalue weighted by molar-refractivity contribution is 6.30. The maximum atomic E-state index is 9.14. The second-order valence-corrected chi connectivity index (χ2v) is 6.28. The van der Waals surface area contributed by atoms with Crippen LogP contribution < -0.4 is 5.32 Å². The molecule has 2 N–H and O–H groups in total. The largest absolute Gasteiger partial charge is 0.395 e. The summed E-state index contributed by atoms with van der Waals surface area (Å²) in [6.07, 6.45) is 0. The molecule has 0 radical (unpaired) electrons. The van der Waals surface area contributed by atoms with Gasteiger partial charge in [-0.1, -0.05) is 55.8 Å². The summed E-state index contributed by atoms with van der Waals surface area (Å²) in [5.74, 6) is 0.302. The number of aliphatic hydroxyl groups is 1. The zero-order chi connectivity index (χ0) is 16.1. The Labute approximate surface area is 137 Å². The summed E-state index contributed by atoms with van der Waals surface area (Å²) in [6, 6.07) is 10.2. The van der Waals surface area contributed by atoms with Crippen LogP contribution in [0.25, 0.3) is 0 Å². The zero-order valence-electron chi connectivity index (χ0n) is 13.4. The van der Waals surface area contributed by atoms with E-state index in [9.17, 15) is 0 Å². The van der Waals surface area contributed by atoms with Crippen molar-refractivity contribution in [3.8, 4) is 0 Å². The van der Waals surface area contributed by atoms with Gasteiger partial charge in [0.05, 0.1) is 18.8 Å². The Kier molecular flexibility index (Phi) is 6.00. The molecular weight excluding hydrogens is 298 g/mol. The van der Waals surface area contributed by atoms with Gasteiger partial charge in [-0.3, -0.25) is 0 Å². The molecule has 2 rings (SSSR count). The predicted octanol–water partition coefficient (Wildman–Crippen LogP) is 3.18. The Morgan fingerprint density at radius 3 is 2.50 bits per heavy atom. The number of nitrogens with one attached hydrogen (secondary N) is 1. The van der Waals surface area contributed by atoms with E-state index in [1.54, 1.807) is 0 Å². The minimum atomic E-state index is 0.0357. The molecule has 120 valence electrons. The lowest BCUT2D eigenvalue weighted by atomic mass is 10.1. The zero-order valence-corrected chi connectivity index (χ0v) is 14.1. The van der Waals surface area contributed by atoms with Gasteiger partial charge in [-0.05, 0) is 18.4 Å². The molecule has 1 heterocycles. The van der Waals surface area contributed by atoms with Gasteiger partial charge >= 0.3 is 0 Å².